The van der Waals surface area contributed by atoms with Crippen molar-refractivity contribution in [1.82, 2.24) is 10.2 Å². The first-order chi connectivity index (χ1) is 14.2. The third-order valence-electron chi connectivity index (χ3n) is 4.86. The predicted octanol–water partition coefficient (Wildman–Crippen LogP) is 3.64. The molecule has 0 radical (unpaired) electrons. The molecule has 0 aliphatic carbocycles. The number of hydrogen-bond acceptors (Lipinski definition) is 4. The van der Waals surface area contributed by atoms with Crippen LogP contribution in [0.25, 0.3) is 0 Å². The van der Waals surface area contributed by atoms with Gasteiger partial charge in [0.25, 0.3) is 5.69 Å². The van der Waals surface area contributed by atoms with Crippen LogP contribution in [0.3, 0.4) is 0 Å². The molecule has 0 spiro atoms. The third-order valence-corrected chi connectivity index (χ3v) is 4.86. The Morgan fingerprint density at radius 3 is 2.30 bits per heavy atom. The Balaban J connectivity index is 2.27. The zero-order valence-electron chi connectivity index (χ0n) is 17.9. The van der Waals surface area contributed by atoms with E-state index in [2.05, 4.69) is 5.32 Å². The molecular weight excluding hydrogens is 382 g/mol. The summed E-state index contributed by atoms with van der Waals surface area (Å²) in [5, 5.41) is 14.2. The Morgan fingerprint density at radius 2 is 1.70 bits per heavy atom. The maximum Gasteiger partial charge on any atom is 0.273 e. The Hall–Kier alpha value is -3.22. The van der Waals surface area contributed by atoms with Gasteiger partial charge < -0.3 is 10.2 Å². The van der Waals surface area contributed by atoms with Crippen molar-refractivity contribution < 1.29 is 14.5 Å². The fourth-order valence-corrected chi connectivity index (χ4v) is 3.03. The van der Waals surface area contributed by atoms with Gasteiger partial charge in [-0.05, 0) is 25.3 Å². The van der Waals surface area contributed by atoms with Gasteiger partial charge in [-0.2, -0.15) is 0 Å². The summed E-state index contributed by atoms with van der Waals surface area (Å²) in [6.07, 6.45) is -0.148. The number of aryl methyl sites for hydroxylation is 1. The normalized spacial score (nSPS) is 11.8. The highest BCUT2D eigenvalue weighted by Crippen LogP contribution is 2.20. The van der Waals surface area contributed by atoms with E-state index in [0.29, 0.717) is 12.1 Å². The molecule has 2 amide bonds. The molecule has 1 atom stereocenters. The number of carbonyl (C=O) groups is 2. The molecule has 2 aromatic carbocycles. The van der Waals surface area contributed by atoms with Crippen LogP contribution in [0.1, 0.15) is 37.5 Å². The van der Waals surface area contributed by atoms with Gasteiger partial charge in [-0.3, -0.25) is 19.7 Å². The minimum Gasteiger partial charge on any atom is -0.354 e. The van der Waals surface area contributed by atoms with Gasteiger partial charge in [0.05, 0.1) is 11.3 Å². The van der Waals surface area contributed by atoms with Gasteiger partial charge in [0, 0.05) is 24.7 Å². The summed E-state index contributed by atoms with van der Waals surface area (Å²) in [6, 6.07) is 13.2. The quantitative estimate of drug-likeness (QED) is 0.504. The Bertz CT molecular complexity index is 894. The Kier molecular flexibility index (Phi) is 8.09. The SMILES string of the molecule is Cc1ccc(CN(C(=O)Cc2ccccc2[N+](=O)[O-])C(C)C(=O)NCC(C)C)cc1. The second-order valence-electron chi connectivity index (χ2n) is 7.88. The standard InChI is InChI=1S/C23H29N3O4/c1-16(2)14-24-23(28)18(4)25(15-19-11-9-17(3)10-12-19)22(27)13-20-7-5-6-8-21(20)26(29)30/h5-12,16,18H,13-15H2,1-4H3,(H,24,28). The van der Waals surface area contributed by atoms with Crippen LogP contribution < -0.4 is 5.32 Å². The number of nitrogens with one attached hydrogen (secondary N) is 1. The second-order valence-corrected chi connectivity index (χ2v) is 7.88. The van der Waals surface area contributed by atoms with Gasteiger partial charge in [-0.15, -0.1) is 0 Å². The first-order valence-corrected chi connectivity index (χ1v) is 10.0. The molecule has 160 valence electrons. The van der Waals surface area contributed by atoms with Crippen LogP contribution in [0.2, 0.25) is 0 Å². The van der Waals surface area contributed by atoms with Crippen molar-refractivity contribution in [2.45, 2.75) is 46.7 Å². The fraction of sp³-hybridized carbons (Fsp3) is 0.391. The Morgan fingerprint density at radius 1 is 1.07 bits per heavy atom. The summed E-state index contributed by atoms with van der Waals surface area (Å²) in [5.41, 5.74) is 2.22. The van der Waals surface area contributed by atoms with Crippen LogP contribution in [0.15, 0.2) is 48.5 Å². The lowest BCUT2D eigenvalue weighted by atomic mass is 10.1. The summed E-state index contributed by atoms with van der Waals surface area (Å²) in [7, 11) is 0. The molecule has 0 saturated carbocycles. The van der Waals surface area contributed by atoms with Gasteiger partial charge in [-0.25, -0.2) is 0 Å². The molecule has 0 aliphatic heterocycles. The van der Waals surface area contributed by atoms with Crippen molar-refractivity contribution in [3.05, 3.63) is 75.3 Å². The topological polar surface area (TPSA) is 92.6 Å². The maximum atomic E-state index is 13.2. The van der Waals surface area contributed by atoms with Crippen molar-refractivity contribution in [3.8, 4) is 0 Å². The molecule has 2 rings (SSSR count). The molecule has 7 nitrogen and oxygen atoms in total. The van der Waals surface area contributed by atoms with Crippen molar-refractivity contribution in [2.75, 3.05) is 6.54 Å². The average Bonchev–Trinajstić information content (AvgIpc) is 2.71. The largest absolute Gasteiger partial charge is 0.354 e. The van der Waals surface area contributed by atoms with Crippen LogP contribution in [-0.4, -0.2) is 34.2 Å². The zero-order valence-corrected chi connectivity index (χ0v) is 17.9. The number of hydrogen-bond donors (Lipinski definition) is 1. The molecule has 0 saturated heterocycles. The number of rotatable bonds is 9. The number of para-hydroxylation sites is 1. The number of nitro benzene ring substituents is 1. The molecule has 1 unspecified atom stereocenters. The number of nitro groups is 1. The summed E-state index contributed by atoms with van der Waals surface area (Å²) in [4.78, 5) is 38.1. The predicted molar refractivity (Wildman–Crippen MR) is 116 cm³/mol. The van der Waals surface area contributed by atoms with E-state index in [1.165, 1.54) is 11.0 Å². The molecule has 0 bridgehead atoms. The monoisotopic (exact) mass is 411 g/mol. The van der Waals surface area contributed by atoms with Crippen LogP contribution in [0.5, 0.6) is 0 Å². The number of amides is 2. The van der Waals surface area contributed by atoms with Gasteiger partial charge >= 0.3 is 0 Å². The molecule has 0 heterocycles. The van der Waals surface area contributed by atoms with Crippen LogP contribution in [0, 0.1) is 23.0 Å². The van der Waals surface area contributed by atoms with Crippen LogP contribution >= 0.6 is 0 Å². The second kappa shape index (κ2) is 10.5. The number of carbonyl (C=O) groups excluding carboxylic acids is 2. The highest BCUT2D eigenvalue weighted by atomic mass is 16.6. The van der Waals surface area contributed by atoms with Gasteiger partial charge in [0.15, 0.2) is 0 Å². The van der Waals surface area contributed by atoms with E-state index in [-0.39, 0.29) is 36.4 Å². The smallest absolute Gasteiger partial charge is 0.273 e. The summed E-state index contributed by atoms with van der Waals surface area (Å²) in [5.74, 6) is -0.293. The number of nitrogens with zero attached hydrogens (tertiary/aromatic N) is 2. The lowest BCUT2D eigenvalue weighted by Crippen LogP contribution is -2.48. The zero-order chi connectivity index (χ0) is 22.3. The van der Waals surface area contributed by atoms with E-state index in [1.807, 2.05) is 45.0 Å². The highest BCUT2D eigenvalue weighted by Gasteiger charge is 2.27. The van der Waals surface area contributed by atoms with Gasteiger partial charge in [0.2, 0.25) is 11.8 Å². The van der Waals surface area contributed by atoms with Crippen molar-refractivity contribution >= 4 is 17.5 Å². The third kappa shape index (κ3) is 6.40. The maximum absolute atomic E-state index is 13.2. The number of benzene rings is 2. The molecule has 0 fully saturated rings. The highest BCUT2D eigenvalue weighted by molar-refractivity contribution is 5.88. The molecule has 0 aromatic heterocycles. The van der Waals surface area contributed by atoms with Crippen molar-refractivity contribution in [3.63, 3.8) is 0 Å². The van der Waals surface area contributed by atoms with E-state index < -0.39 is 11.0 Å². The first-order valence-electron chi connectivity index (χ1n) is 10.0. The minimum absolute atomic E-state index is 0.0990. The fourth-order valence-electron chi connectivity index (χ4n) is 3.03. The van der Waals surface area contributed by atoms with E-state index >= 15 is 0 Å². The van der Waals surface area contributed by atoms with E-state index in [0.717, 1.165) is 11.1 Å². The summed E-state index contributed by atoms with van der Waals surface area (Å²) >= 11 is 0. The average molecular weight is 412 g/mol. The molecule has 1 N–H and O–H groups in total. The van der Waals surface area contributed by atoms with Gasteiger partial charge in [0.1, 0.15) is 6.04 Å². The minimum atomic E-state index is -0.708. The van der Waals surface area contributed by atoms with Crippen LogP contribution in [0.4, 0.5) is 5.69 Å². The summed E-state index contributed by atoms with van der Waals surface area (Å²) in [6.45, 7) is 8.41. The lowest BCUT2D eigenvalue weighted by molar-refractivity contribution is -0.385. The van der Waals surface area contributed by atoms with Crippen molar-refractivity contribution in [1.29, 1.82) is 0 Å². The Labute approximate surface area is 177 Å². The molecule has 2 aromatic rings. The molecular formula is C23H29N3O4. The van der Waals surface area contributed by atoms with Crippen molar-refractivity contribution in [2.24, 2.45) is 5.92 Å². The van der Waals surface area contributed by atoms with Crippen LogP contribution in [-0.2, 0) is 22.6 Å². The van der Waals surface area contributed by atoms with E-state index in [4.69, 9.17) is 0 Å². The van der Waals surface area contributed by atoms with E-state index in [9.17, 15) is 19.7 Å². The summed E-state index contributed by atoms with van der Waals surface area (Å²) < 4.78 is 0. The molecule has 0 aliphatic rings. The molecule has 7 heteroatoms. The van der Waals surface area contributed by atoms with Gasteiger partial charge in [-0.1, -0.05) is 61.9 Å². The molecule has 30 heavy (non-hydrogen) atoms. The van der Waals surface area contributed by atoms with E-state index in [1.54, 1.807) is 25.1 Å². The lowest BCUT2D eigenvalue weighted by Gasteiger charge is -2.29. The first kappa shape index (κ1) is 23.1.